The van der Waals surface area contributed by atoms with Gasteiger partial charge in [-0.1, -0.05) is 48.5 Å². The first kappa shape index (κ1) is 21.4. The molecule has 1 aliphatic rings. The van der Waals surface area contributed by atoms with Gasteiger partial charge in [-0.15, -0.1) is 0 Å². The lowest BCUT2D eigenvalue weighted by atomic mass is 9.84. The SMILES string of the molecule is OC(COc1ccccc1)CN1CCC(O)(c2cccc(Oc3ccccc3)c2)CC1. The molecule has 0 spiro atoms. The number of rotatable bonds is 8. The Kier molecular flexibility index (Phi) is 6.87. The van der Waals surface area contributed by atoms with Gasteiger partial charge < -0.3 is 24.6 Å². The second-order valence-electron chi connectivity index (χ2n) is 8.05. The number of hydrogen-bond acceptors (Lipinski definition) is 5. The minimum absolute atomic E-state index is 0.254. The molecule has 31 heavy (non-hydrogen) atoms. The van der Waals surface area contributed by atoms with E-state index in [1.54, 1.807) is 0 Å². The molecule has 0 saturated carbocycles. The second kappa shape index (κ2) is 9.96. The maximum Gasteiger partial charge on any atom is 0.127 e. The number of piperidine rings is 1. The van der Waals surface area contributed by atoms with Crippen molar-refractivity contribution < 1.29 is 19.7 Å². The van der Waals surface area contributed by atoms with E-state index in [0.717, 1.165) is 17.1 Å². The Morgan fingerprint density at radius 1 is 0.806 bits per heavy atom. The lowest BCUT2D eigenvalue weighted by Gasteiger charge is -2.39. The van der Waals surface area contributed by atoms with E-state index in [2.05, 4.69) is 4.90 Å². The lowest BCUT2D eigenvalue weighted by molar-refractivity contribution is -0.0373. The molecule has 1 unspecified atom stereocenters. The van der Waals surface area contributed by atoms with Crippen LogP contribution in [-0.2, 0) is 5.60 Å². The Morgan fingerprint density at radius 3 is 2.10 bits per heavy atom. The summed E-state index contributed by atoms with van der Waals surface area (Å²) in [6.07, 6.45) is 0.635. The van der Waals surface area contributed by atoms with E-state index in [1.807, 2.05) is 84.9 Å². The number of ether oxygens (including phenoxy) is 2. The summed E-state index contributed by atoms with van der Waals surface area (Å²) >= 11 is 0. The second-order valence-corrected chi connectivity index (χ2v) is 8.05. The number of benzene rings is 3. The van der Waals surface area contributed by atoms with Crippen molar-refractivity contribution in [3.8, 4) is 17.2 Å². The number of aliphatic hydroxyl groups excluding tert-OH is 1. The van der Waals surface area contributed by atoms with Crippen LogP contribution in [0.5, 0.6) is 17.2 Å². The van der Waals surface area contributed by atoms with E-state index in [0.29, 0.717) is 38.2 Å². The fourth-order valence-electron chi connectivity index (χ4n) is 3.93. The van der Waals surface area contributed by atoms with Crippen molar-refractivity contribution in [1.29, 1.82) is 0 Å². The molecule has 162 valence electrons. The van der Waals surface area contributed by atoms with E-state index < -0.39 is 11.7 Å². The smallest absolute Gasteiger partial charge is 0.127 e. The summed E-state index contributed by atoms with van der Waals surface area (Å²) in [6.45, 7) is 2.20. The van der Waals surface area contributed by atoms with Gasteiger partial charge in [0, 0.05) is 19.6 Å². The normalized spacial score (nSPS) is 17.1. The van der Waals surface area contributed by atoms with Gasteiger partial charge in [0.05, 0.1) is 5.60 Å². The van der Waals surface area contributed by atoms with Crippen LogP contribution in [0.25, 0.3) is 0 Å². The first-order valence-corrected chi connectivity index (χ1v) is 10.7. The third-order valence-electron chi connectivity index (χ3n) is 5.69. The monoisotopic (exact) mass is 419 g/mol. The van der Waals surface area contributed by atoms with Gasteiger partial charge in [-0.3, -0.25) is 0 Å². The van der Waals surface area contributed by atoms with Crippen molar-refractivity contribution in [2.24, 2.45) is 0 Å². The van der Waals surface area contributed by atoms with Gasteiger partial charge in [0.25, 0.3) is 0 Å². The molecule has 0 bridgehead atoms. The molecule has 0 aliphatic carbocycles. The van der Waals surface area contributed by atoms with E-state index in [4.69, 9.17) is 9.47 Å². The number of hydrogen-bond donors (Lipinski definition) is 2. The number of aliphatic hydroxyl groups is 2. The molecule has 5 nitrogen and oxygen atoms in total. The Bertz CT molecular complexity index is 940. The molecule has 1 heterocycles. The minimum Gasteiger partial charge on any atom is -0.491 e. The highest BCUT2D eigenvalue weighted by Gasteiger charge is 2.34. The van der Waals surface area contributed by atoms with E-state index in [9.17, 15) is 10.2 Å². The van der Waals surface area contributed by atoms with Crippen molar-refractivity contribution in [3.05, 3.63) is 90.5 Å². The standard InChI is InChI=1S/C26H29NO4/c28-22(20-30-23-9-3-1-4-10-23)19-27-16-14-26(29,15-17-27)21-8-7-13-25(18-21)31-24-11-5-2-6-12-24/h1-13,18,22,28-29H,14-17,19-20H2. The van der Waals surface area contributed by atoms with Gasteiger partial charge in [-0.2, -0.15) is 0 Å². The molecular weight excluding hydrogens is 390 g/mol. The van der Waals surface area contributed by atoms with Crippen LogP contribution in [0.1, 0.15) is 18.4 Å². The topological polar surface area (TPSA) is 62.2 Å². The van der Waals surface area contributed by atoms with Crippen molar-refractivity contribution in [2.75, 3.05) is 26.2 Å². The van der Waals surface area contributed by atoms with Gasteiger partial charge in [0.15, 0.2) is 0 Å². The van der Waals surface area contributed by atoms with Gasteiger partial charge in [-0.25, -0.2) is 0 Å². The number of nitrogens with zero attached hydrogens (tertiary/aromatic N) is 1. The fraction of sp³-hybridized carbons (Fsp3) is 0.308. The van der Waals surface area contributed by atoms with E-state index in [1.165, 1.54) is 0 Å². The maximum absolute atomic E-state index is 11.3. The molecule has 4 rings (SSSR count). The molecule has 0 aromatic heterocycles. The van der Waals surface area contributed by atoms with Crippen molar-refractivity contribution in [1.82, 2.24) is 4.90 Å². The van der Waals surface area contributed by atoms with E-state index in [-0.39, 0.29) is 6.61 Å². The number of β-amino-alcohol motifs (C(OH)–C–C–N with tert-alkyl or cyclic N) is 1. The summed E-state index contributed by atoms with van der Waals surface area (Å²) < 4.78 is 11.6. The van der Waals surface area contributed by atoms with Crippen LogP contribution in [0.4, 0.5) is 0 Å². The van der Waals surface area contributed by atoms with Gasteiger partial charge in [0.2, 0.25) is 0 Å². The van der Waals surface area contributed by atoms with Crippen molar-refractivity contribution in [2.45, 2.75) is 24.5 Å². The largest absolute Gasteiger partial charge is 0.491 e. The van der Waals surface area contributed by atoms with Gasteiger partial charge >= 0.3 is 0 Å². The maximum atomic E-state index is 11.3. The first-order chi connectivity index (χ1) is 15.1. The average molecular weight is 420 g/mol. The average Bonchev–Trinajstić information content (AvgIpc) is 2.81. The minimum atomic E-state index is -0.891. The summed E-state index contributed by atoms with van der Waals surface area (Å²) in [6, 6.07) is 26.8. The Morgan fingerprint density at radius 2 is 1.42 bits per heavy atom. The van der Waals surface area contributed by atoms with Gasteiger partial charge in [0.1, 0.15) is 30.0 Å². The Hall–Kier alpha value is -2.86. The quantitative estimate of drug-likeness (QED) is 0.573. The summed E-state index contributed by atoms with van der Waals surface area (Å²) in [4.78, 5) is 2.18. The number of para-hydroxylation sites is 2. The Balaban J connectivity index is 1.29. The zero-order valence-electron chi connectivity index (χ0n) is 17.6. The molecule has 1 fully saturated rings. The first-order valence-electron chi connectivity index (χ1n) is 10.7. The molecule has 5 heteroatoms. The third kappa shape index (κ3) is 5.85. The van der Waals surface area contributed by atoms with Crippen LogP contribution in [-0.4, -0.2) is 47.5 Å². The molecule has 1 aliphatic heterocycles. The zero-order chi connectivity index (χ0) is 21.5. The molecule has 0 amide bonds. The predicted molar refractivity (Wildman–Crippen MR) is 120 cm³/mol. The highest BCUT2D eigenvalue weighted by atomic mass is 16.5. The van der Waals surface area contributed by atoms with Gasteiger partial charge in [-0.05, 0) is 54.8 Å². The molecule has 1 saturated heterocycles. The molecule has 1 atom stereocenters. The fourth-order valence-corrected chi connectivity index (χ4v) is 3.93. The van der Waals surface area contributed by atoms with Crippen molar-refractivity contribution in [3.63, 3.8) is 0 Å². The van der Waals surface area contributed by atoms with Crippen LogP contribution in [0.15, 0.2) is 84.9 Å². The summed E-state index contributed by atoms with van der Waals surface area (Å²) in [5.74, 6) is 2.24. The molecule has 3 aromatic carbocycles. The molecule has 3 aromatic rings. The highest BCUT2D eigenvalue weighted by Crippen LogP contribution is 2.35. The van der Waals surface area contributed by atoms with Crippen LogP contribution in [0.2, 0.25) is 0 Å². The summed E-state index contributed by atoms with van der Waals surface area (Å²) in [5.41, 5.74) is -0.0218. The van der Waals surface area contributed by atoms with Crippen molar-refractivity contribution >= 4 is 0 Å². The molecule has 0 radical (unpaired) electrons. The summed E-state index contributed by atoms with van der Waals surface area (Å²) in [5, 5.41) is 21.6. The van der Waals surface area contributed by atoms with Crippen LogP contribution in [0, 0.1) is 0 Å². The van der Waals surface area contributed by atoms with Crippen LogP contribution in [0.3, 0.4) is 0 Å². The Labute approximate surface area is 183 Å². The summed E-state index contributed by atoms with van der Waals surface area (Å²) in [7, 11) is 0. The number of likely N-dealkylation sites (tertiary alicyclic amines) is 1. The third-order valence-corrected chi connectivity index (χ3v) is 5.69. The van der Waals surface area contributed by atoms with E-state index >= 15 is 0 Å². The van der Waals surface area contributed by atoms with Crippen LogP contribution < -0.4 is 9.47 Å². The molecular formula is C26H29NO4. The predicted octanol–water partition coefficient (Wildman–Crippen LogP) is 4.20. The lowest BCUT2D eigenvalue weighted by Crippen LogP contribution is -2.46. The molecule has 2 N–H and O–H groups in total. The zero-order valence-corrected chi connectivity index (χ0v) is 17.6. The van der Waals surface area contributed by atoms with Crippen LogP contribution >= 0.6 is 0 Å². The highest BCUT2D eigenvalue weighted by molar-refractivity contribution is 5.36.